The molecule has 2 N–H and O–H groups in total. The summed E-state index contributed by atoms with van der Waals surface area (Å²) in [6, 6.07) is 2.02. The van der Waals surface area contributed by atoms with Gasteiger partial charge < -0.3 is 5.11 Å². The van der Waals surface area contributed by atoms with Gasteiger partial charge in [0.15, 0.2) is 0 Å². The largest absolute Gasteiger partial charge is 0.396 e. The molecular formula is C16H27NO3S. The molecule has 0 bridgehead atoms. The van der Waals surface area contributed by atoms with Gasteiger partial charge in [-0.05, 0) is 62.3 Å². The molecular weight excluding hydrogens is 286 g/mol. The summed E-state index contributed by atoms with van der Waals surface area (Å²) in [6.45, 7) is 10.0. The zero-order chi connectivity index (χ0) is 16.2. The Labute approximate surface area is 128 Å². The van der Waals surface area contributed by atoms with Crippen molar-refractivity contribution in [3.8, 4) is 0 Å². The number of hydrogen-bond acceptors (Lipinski definition) is 3. The lowest BCUT2D eigenvalue weighted by Gasteiger charge is -2.18. The Bertz CT molecular complexity index is 568. The van der Waals surface area contributed by atoms with Crippen molar-refractivity contribution in [2.24, 2.45) is 5.92 Å². The first-order valence-electron chi connectivity index (χ1n) is 7.42. The second-order valence-corrected chi connectivity index (χ2v) is 7.43. The minimum absolute atomic E-state index is 0.0852. The van der Waals surface area contributed by atoms with Gasteiger partial charge >= 0.3 is 0 Å². The summed E-state index contributed by atoms with van der Waals surface area (Å²) in [7, 11) is -3.52. The topological polar surface area (TPSA) is 66.4 Å². The van der Waals surface area contributed by atoms with E-state index >= 15 is 0 Å². The molecule has 0 aliphatic heterocycles. The Morgan fingerprint density at radius 2 is 1.67 bits per heavy atom. The lowest BCUT2D eigenvalue weighted by molar-refractivity contribution is 0.254. The molecule has 4 nitrogen and oxygen atoms in total. The molecule has 0 heterocycles. The molecule has 0 aliphatic carbocycles. The van der Waals surface area contributed by atoms with E-state index in [0.29, 0.717) is 17.9 Å². The summed E-state index contributed by atoms with van der Waals surface area (Å²) in [5.41, 5.74) is 3.59. The average molecular weight is 313 g/mol. The third-order valence-electron chi connectivity index (χ3n) is 4.24. The molecule has 0 amide bonds. The van der Waals surface area contributed by atoms with E-state index in [4.69, 9.17) is 5.11 Å². The fraction of sp³-hybridized carbons (Fsp3) is 0.625. The van der Waals surface area contributed by atoms with E-state index in [0.717, 1.165) is 28.7 Å². The number of hydrogen-bond donors (Lipinski definition) is 2. The maximum atomic E-state index is 12.6. The Kier molecular flexibility index (Phi) is 6.38. The molecule has 0 radical (unpaired) electrons. The van der Waals surface area contributed by atoms with Crippen LogP contribution in [0.1, 0.15) is 42.0 Å². The molecule has 0 spiro atoms. The number of aryl methyl sites for hydroxylation is 2. The van der Waals surface area contributed by atoms with Gasteiger partial charge in [0.2, 0.25) is 10.0 Å². The molecule has 1 atom stereocenters. The quantitative estimate of drug-likeness (QED) is 0.813. The van der Waals surface area contributed by atoms with Crippen molar-refractivity contribution in [1.29, 1.82) is 0 Å². The third kappa shape index (κ3) is 4.28. The molecule has 0 saturated heterocycles. The minimum Gasteiger partial charge on any atom is -0.396 e. The molecule has 0 saturated carbocycles. The van der Waals surface area contributed by atoms with Gasteiger partial charge in [0.05, 0.1) is 4.90 Å². The van der Waals surface area contributed by atoms with Crippen molar-refractivity contribution in [3.05, 3.63) is 28.3 Å². The zero-order valence-electron chi connectivity index (χ0n) is 13.7. The first-order valence-corrected chi connectivity index (χ1v) is 8.90. The van der Waals surface area contributed by atoms with Gasteiger partial charge in [-0.15, -0.1) is 0 Å². The van der Waals surface area contributed by atoms with Crippen LogP contribution in [-0.4, -0.2) is 26.7 Å². The van der Waals surface area contributed by atoms with Gasteiger partial charge in [-0.3, -0.25) is 0 Å². The Balaban J connectivity index is 3.09. The van der Waals surface area contributed by atoms with Crippen LogP contribution in [0.15, 0.2) is 11.0 Å². The van der Waals surface area contributed by atoms with E-state index in [1.165, 1.54) is 0 Å². The van der Waals surface area contributed by atoms with Gasteiger partial charge in [0.25, 0.3) is 0 Å². The number of nitrogens with one attached hydrogen (secondary N) is 1. The highest BCUT2D eigenvalue weighted by Crippen LogP contribution is 2.26. The summed E-state index contributed by atoms with van der Waals surface area (Å²) in [6.07, 6.45) is 1.46. The predicted octanol–water partition coefficient (Wildman–Crippen LogP) is 2.61. The third-order valence-corrected chi connectivity index (χ3v) is 5.94. The van der Waals surface area contributed by atoms with Crippen molar-refractivity contribution in [3.63, 3.8) is 0 Å². The van der Waals surface area contributed by atoms with Crippen LogP contribution in [0.4, 0.5) is 0 Å². The number of benzene rings is 1. The molecule has 0 aromatic heterocycles. The van der Waals surface area contributed by atoms with Gasteiger partial charge in [-0.1, -0.05) is 19.4 Å². The highest BCUT2D eigenvalue weighted by molar-refractivity contribution is 7.89. The molecule has 21 heavy (non-hydrogen) atoms. The second kappa shape index (κ2) is 7.38. The van der Waals surface area contributed by atoms with Crippen LogP contribution >= 0.6 is 0 Å². The normalized spacial score (nSPS) is 13.4. The number of aliphatic hydroxyl groups excluding tert-OH is 1. The average Bonchev–Trinajstić information content (AvgIpc) is 2.41. The highest BCUT2D eigenvalue weighted by atomic mass is 32.2. The highest BCUT2D eigenvalue weighted by Gasteiger charge is 2.22. The van der Waals surface area contributed by atoms with Crippen molar-refractivity contribution in [1.82, 2.24) is 4.72 Å². The van der Waals surface area contributed by atoms with E-state index in [9.17, 15) is 8.42 Å². The molecule has 1 aromatic carbocycles. The van der Waals surface area contributed by atoms with Crippen molar-refractivity contribution in [2.75, 3.05) is 13.2 Å². The van der Waals surface area contributed by atoms with E-state index < -0.39 is 10.0 Å². The van der Waals surface area contributed by atoms with Gasteiger partial charge in [-0.25, -0.2) is 13.1 Å². The van der Waals surface area contributed by atoms with Gasteiger partial charge in [0, 0.05) is 13.2 Å². The summed E-state index contributed by atoms with van der Waals surface area (Å²) in [5, 5.41) is 9.00. The van der Waals surface area contributed by atoms with E-state index in [2.05, 4.69) is 4.72 Å². The fourth-order valence-corrected chi connectivity index (χ4v) is 4.24. The van der Waals surface area contributed by atoms with Crippen molar-refractivity contribution in [2.45, 2.75) is 52.4 Å². The van der Waals surface area contributed by atoms with Crippen LogP contribution in [0.3, 0.4) is 0 Å². The summed E-state index contributed by atoms with van der Waals surface area (Å²) >= 11 is 0. The molecule has 120 valence electrons. The Morgan fingerprint density at radius 3 is 2.10 bits per heavy atom. The van der Waals surface area contributed by atoms with E-state index in [1.54, 1.807) is 0 Å². The van der Waals surface area contributed by atoms with E-state index in [1.807, 2.05) is 40.7 Å². The van der Waals surface area contributed by atoms with Crippen LogP contribution in [0, 0.1) is 33.6 Å². The lowest BCUT2D eigenvalue weighted by Crippen LogP contribution is -2.31. The van der Waals surface area contributed by atoms with Crippen molar-refractivity contribution < 1.29 is 13.5 Å². The molecule has 0 aliphatic rings. The summed E-state index contributed by atoms with van der Waals surface area (Å²) < 4.78 is 28.0. The summed E-state index contributed by atoms with van der Waals surface area (Å²) in [4.78, 5) is 0.402. The maximum Gasteiger partial charge on any atom is 0.241 e. The molecule has 1 unspecified atom stereocenters. The van der Waals surface area contributed by atoms with Gasteiger partial charge in [-0.2, -0.15) is 0 Å². The van der Waals surface area contributed by atoms with Crippen LogP contribution < -0.4 is 4.72 Å². The monoisotopic (exact) mass is 313 g/mol. The minimum atomic E-state index is -3.52. The van der Waals surface area contributed by atoms with Crippen LogP contribution in [0.2, 0.25) is 0 Å². The number of aliphatic hydroxyl groups is 1. The smallest absolute Gasteiger partial charge is 0.241 e. The molecule has 0 fully saturated rings. The predicted molar refractivity (Wildman–Crippen MR) is 86.1 cm³/mol. The Morgan fingerprint density at radius 1 is 1.14 bits per heavy atom. The van der Waals surface area contributed by atoms with Crippen LogP contribution in [0.25, 0.3) is 0 Å². The SMILES string of the molecule is CCC(CCO)CNS(=O)(=O)c1c(C)c(C)cc(C)c1C. The van der Waals surface area contributed by atoms with Crippen LogP contribution in [0.5, 0.6) is 0 Å². The number of rotatable bonds is 7. The van der Waals surface area contributed by atoms with E-state index in [-0.39, 0.29) is 12.5 Å². The summed E-state index contributed by atoms with van der Waals surface area (Å²) in [5.74, 6) is 0.163. The standard InChI is InChI=1S/C16H27NO3S/c1-6-15(7-8-18)10-17-21(19,20)16-13(4)11(2)9-12(3)14(16)5/h9,15,17-18H,6-8,10H2,1-5H3. The molecule has 5 heteroatoms. The fourth-order valence-electron chi connectivity index (χ4n) is 2.52. The zero-order valence-corrected chi connectivity index (χ0v) is 14.5. The lowest BCUT2D eigenvalue weighted by atomic mass is 10.0. The first-order chi connectivity index (χ1) is 9.74. The first kappa shape index (κ1) is 18.1. The molecule has 1 aromatic rings. The van der Waals surface area contributed by atoms with Crippen molar-refractivity contribution >= 4 is 10.0 Å². The maximum absolute atomic E-state index is 12.6. The van der Waals surface area contributed by atoms with Crippen LogP contribution in [-0.2, 0) is 10.0 Å². The van der Waals surface area contributed by atoms with Gasteiger partial charge in [0.1, 0.15) is 0 Å². The number of sulfonamides is 1. The Hall–Kier alpha value is -0.910. The second-order valence-electron chi connectivity index (χ2n) is 5.73. The molecule has 1 rings (SSSR count).